The number of hydrogen-bond acceptors (Lipinski definition) is 5. The zero-order valence-electron chi connectivity index (χ0n) is 20.0. The summed E-state index contributed by atoms with van der Waals surface area (Å²) in [5, 5.41) is 0.155. The molecule has 1 heterocycles. The van der Waals surface area contributed by atoms with E-state index in [0.717, 1.165) is 5.56 Å². The topological polar surface area (TPSA) is 89.3 Å². The van der Waals surface area contributed by atoms with E-state index in [-0.39, 0.29) is 35.2 Å². The Morgan fingerprint density at radius 3 is 2.22 bits per heavy atom. The van der Waals surface area contributed by atoms with Crippen molar-refractivity contribution in [3.05, 3.63) is 113 Å². The molecule has 0 N–H and O–H groups in total. The standard InChI is InChI=1S/C26H25ClFN3O4S2/c1-2-30(37(34,35)24-14-12-22(27)13-15-24)18-23-16-29-26(31(23)17-20-8-4-3-5-9-20)36(32,33)19-21-10-6-7-11-25(21)28/h3-16H,2,17-19H2,1H3. The second-order valence-corrected chi connectivity index (χ2v) is 12.6. The summed E-state index contributed by atoms with van der Waals surface area (Å²) in [7, 11) is -7.97. The highest BCUT2D eigenvalue weighted by atomic mass is 35.5. The lowest BCUT2D eigenvalue weighted by Crippen LogP contribution is -2.31. The van der Waals surface area contributed by atoms with Gasteiger partial charge < -0.3 is 4.57 Å². The van der Waals surface area contributed by atoms with E-state index in [4.69, 9.17) is 11.6 Å². The van der Waals surface area contributed by atoms with E-state index in [9.17, 15) is 21.2 Å². The van der Waals surface area contributed by atoms with Crippen molar-refractivity contribution in [2.24, 2.45) is 0 Å². The van der Waals surface area contributed by atoms with Crippen LogP contribution in [0.1, 0.15) is 23.7 Å². The molecule has 0 amide bonds. The number of hydrogen-bond donors (Lipinski definition) is 0. The predicted molar refractivity (Wildman–Crippen MR) is 140 cm³/mol. The van der Waals surface area contributed by atoms with Crippen LogP contribution in [0, 0.1) is 5.82 Å². The number of aromatic nitrogens is 2. The Bertz CT molecular complexity index is 1590. The molecule has 0 saturated carbocycles. The van der Waals surface area contributed by atoms with Crippen molar-refractivity contribution in [3.63, 3.8) is 0 Å². The number of nitrogens with zero attached hydrogens (tertiary/aromatic N) is 3. The molecule has 0 spiro atoms. The summed E-state index contributed by atoms with van der Waals surface area (Å²) in [6, 6.07) is 20.7. The molecular formula is C26H25ClFN3O4S2. The summed E-state index contributed by atoms with van der Waals surface area (Å²) in [6.45, 7) is 1.86. The first-order valence-electron chi connectivity index (χ1n) is 11.4. The van der Waals surface area contributed by atoms with E-state index in [0.29, 0.717) is 10.7 Å². The van der Waals surface area contributed by atoms with Crippen molar-refractivity contribution in [2.75, 3.05) is 6.54 Å². The molecule has 0 atom stereocenters. The van der Waals surface area contributed by atoms with Crippen LogP contribution < -0.4 is 0 Å². The van der Waals surface area contributed by atoms with Crippen LogP contribution >= 0.6 is 11.6 Å². The van der Waals surface area contributed by atoms with Gasteiger partial charge in [-0.05, 0) is 35.9 Å². The lowest BCUT2D eigenvalue weighted by atomic mass is 10.2. The maximum Gasteiger partial charge on any atom is 0.243 e. The first-order chi connectivity index (χ1) is 17.6. The SMILES string of the molecule is CCN(Cc1cnc(S(=O)(=O)Cc2ccccc2F)n1Cc1ccccc1)S(=O)(=O)c1ccc(Cl)cc1. The second-order valence-electron chi connectivity index (χ2n) is 8.34. The average molecular weight is 562 g/mol. The van der Waals surface area contributed by atoms with Gasteiger partial charge in [-0.3, -0.25) is 0 Å². The third kappa shape index (κ3) is 6.10. The van der Waals surface area contributed by atoms with Gasteiger partial charge in [0, 0.05) is 17.1 Å². The van der Waals surface area contributed by atoms with Crippen LogP contribution in [0.15, 0.2) is 95.1 Å². The van der Waals surface area contributed by atoms with Crippen molar-refractivity contribution in [3.8, 4) is 0 Å². The maximum atomic E-state index is 14.3. The van der Waals surface area contributed by atoms with Gasteiger partial charge in [-0.1, -0.05) is 67.1 Å². The third-order valence-corrected chi connectivity index (χ3v) is 9.57. The van der Waals surface area contributed by atoms with Crippen LogP contribution in [0.4, 0.5) is 4.39 Å². The van der Waals surface area contributed by atoms with Crippen LogP contribution in [-0.2, 0) is 38.7 Å². The fourth-order valence-electron chi connectivity index (χ4n) is 3.89. The van der Waals surface area contributed by atoms with Crippen LogP contribution in [0.2, 0.25) is 5.02 Å². The predicted octanol–water partition coefficient (Wildman–Crippen LogP) is 4.91. The lowest BCUT2D eigenvalue weighted by Gasteiger charge is -2.22. The van der Waals surface area contributed by atoms with Gasteiger partial charge in [0.25, 0.3) is 0 Å². The fraction of sp³-hybridized carbons (Fsp3) is 0.192. The molecule has 0 unspecified atom stereocenters. The van der Waals surface area contributed by atoms with Gasteiger partial charge in [0.2, 0.25) is 25.0 Å². The van der Waals surface area contributed by atoms with Gasteiger partial charge in [0.15, 0.2) is 0 Å². The highest BCUT2D eigenvalue weighted by Gasteiger charge is 2.29. The minimum Gasteiger partial charge on any atom is -0.313 e. The summed E-state index contributed by atoms with van der Waals surface area (Å²) in [4.78, 5) is 4.25. The number of halogens is 2. The van der Waals surface area contributed by atoms with Crippen molar-refractivity contribution in [1.82, 2.24) is 13.9 Å². The molecular weight excluding hydrogens is 537 g/mol. The highest BCUT2D eigenvalue weighted by molar-refractivity contribution is 7.90. The van der Waals surface area contributed by atoms with Crippen LogP contribution in [0.3, 0.4) is 0 Å². The average Bonchev–Trinajstić information content (AvgIpc) is 3.27. The summed E-state index contributed by atoms with van der Waals surface area (Å²) in [5.41, 5.74) is 1.21. The quantitative estimate of drug-likeness (QED) is 0.274. The number of rotatable bonds is 10. The van der Waals surface area contributed by atoms with Crippen molar-refractivity contribution >= 4 is 31.5 Å². The van der Waals surface area contributed by atoms with Gasteiger partial charge in [-0.15, -0.1) is 0 Å². The lowest BCUT2D eigenvalue weighted by molar-refractivity contribution is 0.410. The summed E-state index contributed by atoms with van der Waals surface area (Å²) in [5.74, 6) is -1.20. The van der Waals surface area contributed by atoms with Crippen molar-refractivity contribution < 1.29 is 21.2 Å². The first kappa shape index (κ1) is 27.0. The molecule has 0 aliphatic heterocycles. The number of benzene rings is 3. The van der Waals surface area contributed by atoms with Crippen molar-refractivity contribution in [1.29, 1.82) is 0 Å². The molecule has 3 aromatic carbocycles. The molecule has 0 bridgehead atoms. The number of sulfone groups is 1. The first-order valence-corrected chi connectivity index (χ1v) is 14.9. The molecule has 0 fully saturated rings. The van der Waals surface area contributed by atoms with Gasteiger partial charge in [-0.25, -0.2) is 26.2 Å². The molecule has 11 heteroatoms. The molecule has 194 valence electrons. The molecule has 7 nitrogen and oxygen atoms in total. The van der Waals surface area contributed by atoms with Gasteiger partial charge in [-0.2, -0.15) is 4.31 Å². The zero-order valence-corrected chi connectivity index (χ0v) is 22.3. The Balaban J connectivity index is 1.74. The van der Waals surface area contributed by atoms with E-state index in [2.05, 4.69) is 4.98 Å². The monoisotopic (exact) mass is 561 g/mol. The zero-order chi connectivity index (χ0) is 26.6. The molecule has 1 aromatic heterocycles. The highest BCUT2D eigenvalue weighted by Crippen LogP contribution is 2.24. The third-order valence-electron chi connectivity index (χ3n) is 5.81. The molecule has 0 saturated heterocycles. The smallest absolute Gasteiger partial charge is 0.243 e. The molecule has 0 radical (unpaired) electrons. The van der Waals surface area contributed by atoms with Gasteiger partial charge in [0.1, 0.15) is 5.82 Å². The minimum absolute atomic E-state index is 0.0267. The van der Waals surface area contributed by atoms with Crippen molar-refractivity contribution in [2.45, 2.75) is 35.8 Å². The Morgan fingerprint density at radius 2 is 1.57 bits per heavy atom. The largest absolute Gasteiger partial charge is 0.313 e. The summed E-state index contributed by atoms with van der Waals surface area (Å²) < 4.78 is 70.4. The van der Waals surface area contributed by atoms with E-state index in [1.165, 1.54) is 57.5 Å². The van der Waals surface area contributed by atoms with Crippen LogP contribution in [0.5, 0.6) is 0 Å². The van der Waals surface area contributed by atoms with E-state index in [1.54, 1.807) is 13.0 Å². The Labute approximate surface area is 221 Å². The van der Waals surface area contributed by atoms with E-state index >= 15 is 0 Å². The Kier molecular flexibility index (Phi) is 8.13. The number of sulfonamides is 1. The molecule has 4 aromatic rings. The molecule has 0 aliphatic rings. The Morgan fingerprint density at radius 1 is 0.919 bits per heavy atom. The van der Waals surface area contributed by atoms with E-state index in [1.807, 2.05) is 30.3 Å². The van der Waals surface area contributed by atoms with Gasteiger partial charge in [0.05, 0.1) is 35.6 Å². The maximum absolute atomic E-state index is 14.3. The fourth-order valence-corrected chi connectivity index (χ4v) is 6.94. The van der Waals surface area contributed by atoms with Crippen LogP contribution in [0.25, 0.3) is 0 Å². The minimum atomic E-state index is -4.07. The Hall–Kier alpha value is -3.05. The van der Waals surface area contributed by atoms with E-state index < -0.39 is 31.4 Å². The summed E-state index contributed by atoms with van der Waals surface area (Å²) >= 11 is 5.92. The molecule has 0 aliphatic carbocycles. The normalized spacial score (nSPS) is 12.2. The summed E-state index contributed by atoms with van der Waals surface area (Å²) in [6.07, 6.45) is 1.36. The second kappa shape index (κ2) is 11.1. The molecule has 4 rings (SSSR count). The molecule has 37 heavy (non-hydrogen) atoms. The van der Waals surface area contributed by atoms with Crippen LogP contribution in [-0.4, -0.2) is 37.2 Å². The van der Waals surface area contributed by atoms with Gasteiger partial charge >= 0.3 is 0 Å². The number of imidazole rings is 1.